The van der Waals surface area contributed by atoms with Crippen molar-refractivity contribution in [2.75, 3.05) is 16.8 Å². The predicted octanol–water partition coefficient (Wildman–Crippen LogP) is 3.51. The molecule has 1 N–H and O–H groups in total. The molecule has 2 aromatic rings. The molecule has 140 valence electrons. The van der Waals surface area contributed by atoms with Gasteiger partial charge in [-0.25, -0.2) is 0 Å². The van der Waals surface area contributed by atoms with Gasteiger partial charge in [-0.15, -0.1) is 0 Å². The highest BCUT2D eigenvalue weighted by molar-refractivity contribution is 6.03. The molecule has 1 fully saturated rings. The maximum atomic E-state index is 12.6. The largest absolute Gasteiger partial charge is 0.325 e. The summed E-state index contributed by atoms with van der Waals surface area (Å²) in [7, 11) is 0. The molecule has 0 aromatic heterocycles. The first-order valence-corrected chi connectivity index (χ1v) is 8.70. The molecule has 0 bridgehead atoms. The van der Waals surface area contributed by atoms with Gasteiger partial charge in [0.05, 0.1) is 22.1 Å². The fourth-order valence-electron chi connectivity index (χ4n) is 3.22. The average Bonchev–Trinajstić information content (AvgIpc) is 3.01. The molecule has 2 amide bonds. The number of hydrogen-bond acceptors (Lipinski definition) is 4. The third kappa shape index (κ3) is 3.67. The Labute approximate surface area is 157 Å². The van der Waals surface area contributed by atoms with Crippen LogP contribution in [0.1, 0.15) is 23.1 Å². The Morgan fingerprint density at radius 1 is 1.19 bits per heavy atom. The molecular weight excluding hydrogens is 346 g/mol. The molecule has 0 radical (unpaired) electrons. The van der Waals surface area contributed by atoms with E-state index in [2.05, 4.69) is 5.32 Å². The van der Waals surface area contributed by atoms with E-state index in [1.807, 2.05) is 32.0 Å². The Bertz CT molecular complexity index is 939. The number of amides is 2. The lowest BCUT2D eigenvalue weighted by molar-refractivity contribution is -0.385. The van der Waals surface area contributed by atoms with Gasteiger partial charge in [0.25, 0.3) is 5.69 Å². The zero-order valence-corrected chi connectivity index (χ0v) is 15.5. The van der Waals surface area contributed by atoms with Gasteiger partial charge in [0.2, 0.25) is 11.8 Å². The number of hydrogen-bond donors (Lipinski definition) is 1. The predicted molar refractivity (Wildman–Crippen MR) is 103 cm³/mol. The maximum absolute atomic E-state index is 12.6. The summed E-state index contributed by atoms with van der Waals surface area (Å²) in [5.74, 6) is -0.912. The number of nitrogens with zero attached hydrogens (tertiary/aromatic N) is 2. The quantitative estimate of drug-likeness (QED) is 0.661. The number of nitro groups is 1. The van der Waals surface area contributed by atoms with Gasteiger partial charge >= 0.3 is 0 Å². The zero-order valence-electron chi connectivity index (χ0n) is 15.5. The minimum atomic E-state index is -0.502. The van der Waals surface area contributed by atoms with Crippen molar-refractivity contribution in [3.05, 3.63) is 63.2 Å². The molecule has 0 spiro atoms. The molecule has 0 aliphatic carbocycles. The third-order valence-corrected chi connectivity index (χ3v) is 5.06. The molecule has 2 aromatic carbocycles. The van der Waals surface area contributed by atoms with Crippen molar-refractivity contribution >= 4 is 28.9 Å². The second kappa shape index (κ2) is 7.19. The van der Waals surface area contributed by atoms with Gasteiger partial charge in [0, 0.05) is 24.7 Å². The van der Waals surface area contributed by atoms with Crippen LogP contribution in [-0.2, 0) is 9.59 Å². The fourth-order valence-corrected chi connectivity index (χ4v) is 3.22. The summed E-state index contributed by atoms with van der Waals surface area (Å²) in [5.41, 5.74) is 3.75. The summed E-state index contributed by atoms with van der Waals surface area (Å²) in [4.78, 5) is 37.2. The second-order valence-corrected chi connectivity index (χ2v) is 6.87. The number of aryl methyl sites for hydroxylation is 2. The van der Waals surface area contributed by atoms with Crippen LogP contribution in [0.5, 0.6) is 0 Å². The molecule has 1 heterocycles. The number of rotatable bonds is 4. The lowest BCUT2D eigenvalue weighted by Crippen LogP contribution is -2.28. The summed E-state index contributed by atoms with van der Waals surface area (Å²) >= 11 is 0. The molecule has 1 aliphatic heterocycles. The van der Waals surface area contributed by atoms with Crippen LogP contribution >= 0.6 is 0 Å². The third-order valence-electron chi connectivity index (χ3n) is 5.06. The van der Waals surface area contributed by atoms with E-state index in [-0.39, 0.29) is 23.9 Å². The average molecular weight is 367 g/mol. The summed E-state index contributed by atoms with van der Waals surface area (Å²) < 4.78 is 0. The van der Waals surface area contributed by atoms with Gasteiger partial charge < -0.3 is 10.2 Å². The highest BCUT2D eigenvalue weighted by Crippen LogP contribution is 2.29. The van der Waals surface area contributed by atoms with Gasteiger partial charge in [-0.3, -0.25) is 19.7 Å². The van der Waals surface area contributed by atoms with Gasteiger partial charge in [-0.1, -0.05) is 12.1 Å². The Kier molecular flexibility index (Phi) is 4.94. The van der Waals surface area contributed by atoms with Crippen molar-refractivity contribution in [2.45, 2.75) is 27.2 Å². The van der Waals surface area contributed by atoms with Gasteiger partial charge in [0.1, 0.15) is 0 Å². The SMILES string of the molecule is Cc1ccc(N2CC(C(=O)Nc3cccc([N+](=O)[O-])c3C)CC2=O)cc1C. The number of anilines is 2. The van der Waals surface area contributed by atoms with E-state index < -0.39 is 10.8 Å². The highest BCUT2D eigenvalue weighted by atomic mass is 16.6. The number of nitrogens with one attached hydrogen (secondary N) is 1. The van der Waals surface area contributed by atoms with Crippen LogP contribution in [0.25, 0.3) is 0 Å². The Morgan fingerprint density at radius 2 is 1.93 bits per heavy atom. The molecule has 7 heteroatoms. The highest BCUT2D eigenvalue weighted by Gasteiger charge is 2.35. The monoisotopic (exact) mass is 367 g/mol. The fraction of sp³-hybridized carbons (Fsp3) is 0.300. The van der Waals surface area contributed by atoms with Crippen LogP contribution in [0.4, 0.5) is 17.1 Å². The van der Waals surface area contributed by atoms with Gasteiger partial charge in [-0.2, -0.15) is 0 Å². The Balaban J connectivity index is 1.75. The number of nitro benzene ring substituents is 1. The van der Waals surface area contributed by atoms with Crippen LogP contribution in [0.15, 0.2) is 36.4 Å². The van der Waals surface area contributed by atoms with Crippen molar-refractivity contribution in [3.63, 3.8) is 0 Å². The topological polar surface area (TPSA) is 92.6 Å². The van der Waals surface area contributed by atoms with Crippen LogP contribution in [0.3, 0.4) is 0 Å². The lowest BCUT2D eigenvalue weighted by Gasteiger charge is -2.18. The van der Waals surface area contributed by atoms with E-state index in [0.717, 1.165) is 16.8 Å². The summed E-state index contributed by atoms with van der Waals surface area (Å²) in [6, 6.07) is 10.3. The van der Waals surface area contributed by atoms with Crippen molar-refractivity contribution in [2.24, 2.45) is 5.92 Å². The van der Waals surface area contributed by atoms with Crippen molar-refractivity contribution in [3.8, 4) is 0 Å². The summed E-state index contributed by atoms with van der Waals surface area (Å²) in [6.07, 6.45) is 0.118. The van der Waals surface area contributed by atoms with Crippen molar-refractivity contribution in [1.29, 1.82) is 0 Å². The summed E-state index contributed by atoms with van der Waals surface area (Å²) in [5, 5.41) is 13.8. The lowest BCUT2D eigenvalue weighted by atomic mass is 10.1. The molecule has 1 unspecified atom stereocenters. The minimum Gasteiger partial charge on any atom is -0.325 e. The molecule has 1 saturated heterocycles. The van der Waals surface area contributed by atoms with Gasteiger partial charge in [-0.05, 0) is 50.1 Å². The normalized spacial score (nSPS) is 16.5. The van der Waals surface area contributed by atoms with E-state index in [0.29, 0.717) is 17.8 Å². The maximum Gasteiger partial charge on any atom is 0.274 e. The van der Waals surface area contributed by atoms with Crippen LogP contribution < -0.4 is 10.2 Å². The van der Waals surface area contributed by atoms with Crippen LogP contribution in [0.2, 0.25) is 0 Å². The molecule has 27 heavy (non-hydrogen) atoms. The van der Waals surface area contributed by atoms with E-state index in [4.69, 9.17) is 0 Å². The van der Waals surface area contributed by atoms with E-state index >= 15 is 0 Å². The smallest absolute Gasteiger partial charge is 0.274 e. The standard InChI is InChI=1S/C20H21N3O4/c1-12-7-8-16(9-13(12)2)22-11-15(10-19(22)24)20(25)21-17-5-4-6-18(14(17)3)23(26)27/h4-9,15H,10-11H2,1-3H3,(H,21,25). The zero-order chi connectivity index (χ0) is 19.7. The molecule has 1 atom stereocenters. The van der Waals surface area contributed by atoms with Crippen molar-refractivity contribution in [1.82, 2.24) is 0 Å². The van der Waals surface area contributed by atoms with Gasteiger partial charge in [0.15, 0.2) is 0 Å². The van der Waals surface area contributed by atoms with E-state index in [9.17, 15) is 19.7 Å². The molecular formula is C20H21N3O4. The molecule has 7 nitrogen and oxygen atoms in total. The van der Waals surface area contributed by atoms with Crippen molar-refractivity contribution < 1.29 is 14.5 Å². The number of carbonyl (C=O) groups is 2. The number of carbonyl (C=O) groups excluding carboxylic acids is 2. The second-order valence-electron chi connectivity index (χ2n) is 6.87. The number of benzene rings is 2. The van der Waals surface area contributed by atoms with E-state index in [1.165, 1.54) is 12.1 Å². The first-order chi connectivity index (χ1) is 12.8. The van der Waals surface area contributed by atoms with E-state index in [1.54, 1.807) is 17.9 Å². The van der Waals surface area contributed by atoms with Crippen LogP contribution in [-0.4, -0.2) is 23.3 Å². The Hall–Kier alpha value is -3.22. The Morgan fingerprint density at radius 3 is 2.59 bits per heavy atom. The summed E-state index contributed by atoms with van der Waals surface area (Å²) in [6.45, 7) is 5.87. The molecule has 0 saturated carbocycles. The first kappa shape index (κ1) is 18.6. The molecule has 1 aliphatic rings. The first-order valence-electron chi connectivity index (χ1n) is 8.70. The molecule has 3 rings (SSSR count). The minimum absolute atomic E-state index is 0.0490. The van der Waals surface area contributed by atoms with Crippen LogP contribution in [0, 0.1) is 36.8 Å².